The molecule has 0 amide bonds. The molecular weight excluding hydrogens is 236 g/mol. The molecule has 1 unspecified atom stereocenters. The number of methoxy groups -OCH3 is 1. The molecule has 2 fully saturated rings. The molecule has 0 saturated carbocycles. The molecule has 0 N–H and O–H groups in total. The largest absolute Gasteiger partial charge is 0.384 e. The van der Waals surface area contributed by atoms with Crippen molar-refractivity contribution < 1.29 is 14.2 Å². The van der Waals surface area contributed by atoms with Crippen LogP contribution in [-0.2, 0) is 14.2 Å². The first-order valence-electron chi connectivity index (χ1n) is 6.69. The van der Waals surface area contributed by atoms with Crippen LogP contribution in [-0.4, -0.2) is 51.1 Å². The van der Waals surface area contributed by atoms with E-state index < -0.39 is 0 Å². The van der Waals surface area contributed by atoms with Crippen LogP contribution in [0.15, 0.2) is 0 Å². The van der Waals surface area contributed by atoms with Gasteiger partial charge in [-0.05, 0) is 32.1 Å². The van der Waals surface area contributed by atoms with Crippen molar-refractivity contribution in [1.82, 2.24) is 0 Å². The highest BCUT2D eigenvalue weighted by molar-refractivity contribution is 7.99. The lowest BCUT2D eigenvalue weighted by molar-refractivity contribution is 0.0968. The Balaban J connectivity index is 0.000000202. The zero-order valence-corrected chi connectivity index (χ0v) is 11.8. The summed E-state index contributed by atoms with van der Waals surface area (Å²) in [6.45, 7) is 4.76. The van der Waals surface area contributed by atoms with E-state index in [2.05, 4.69) is 0 Å². The molecular formula is C13H26O3S. The van der Waals surface area contributed by atoms with E-state index in [9.17, 15) is 0 Å². The van der Waals surface area contributed by atoms with Gasteiger partial charge in [-0.2, -0.15) is 11.8 Å². The molecule has 0 aromatic heterocycles. The van der Waals surface area contributed by atoms with E-state index in [0.29, 0.717) is 0 Å². The fourth-order valence-electron chi connectivity index (χ4n) is 1.83. The Bertz CT molecular complexity index is 145. The van der Waals surface area contributed by atoms with E-state index in [4.69, 9.17) is 14.2 Å². The van der Waals surface area contributed by atoms with Crippen LogP contribution in [0, 0.1) is 0 Å². The van der Waals surface area contributed by atoms with Crippen LogP contribution in [0.1, 0.15) is 32.1 Å². The molecule has 2 aliphatic heterocycles. The highest BCUT2D eigenvalue weighted by Crippen LogP contribution is 2.20. The summed E-state index contributed by atoms with van der Waals surface area (Å²) in [5.74, 6) is 1.10. The van der Waals surface area contributed by atoms with Crippen molar-refractivity contribution in [2.45, 2.75) is 37.4 Å². The Labute approximate surface area is 110 Å². The minimum atomic E-state index is 0.721. The van der Waals surface area contributed by atoms with Gasteiger partial charge in [-0.3, -0.25) is 0 Å². The number of rotatable bonds is 4. The first-order valence-corrected chi connectivity index (χ1v) is 7.74. The van der Waals surface area contributed by atoms with Crippen molar-refractivity contribution in [2.75, 3.05) is 45.9 Å². The number of hydrogen-bond donors (Lipinski definition) is 0. The lowest BCUT2D eigenvalue weighted by Crippen LogP contribution is -2.20. The summed E-state index contributed by atoms with van der Waals surface area (Å²) in [4.78, 5) is 0. The van der Waals surface area contributed by atoms with Gasteiger partial charge in [-0.15, -0.1) is 0 Å². The molecule has 1 atom stereocenters. The molecule has 17 heavy (non-hydrogen) atoms. The second kappa shape index (κ2) is 11.3. The molecule has 2 aliphatic rings. The number of ether oxygens (including phenoxy) is 3. The molecule has 0 aromatic carbocycles. The van der Waals surface area contributed by atoms with Gasteiger partial charge >= 0.3 is 0 Å². The van der Waals surface area contributed by atoms with Gasteiger partial charge in [0.05, 0.1) is 13.2 Å². The van der Waals surface area contributed by atoms with Gasteiger partial charge in [0.15, 0.2) is 0 Å². The predicted octanol–water partition coefficient (Wildman–Crippen LogP) is 2.73. The molecule has 102 valence electrons. The third kappa shape index (κ3) is 8.89. The molecule has 0 spiro atoms. The predicted molar refractivity (Wildman–Crippen MR) is 72.8 cm³/mol. The monoisotopic (exact) mass is 262 g/mol. The summed E-state index contributed by atoms with van der Waals surface area (Å²) in [6, 6.07) is 0. The van der Waals surface area contributed by atoms with Crippen molar-refractivity contribution in [3.63, 3.8) is 0 Å². The van der Waals surface area contributed by atoms with Crippen LogP contribution in [0.4, 0.5) is 0 Å². The van der Waals surface area contributed by atoms with Gasteiger partial charge < -0.3 is 14.2 Å². The fraction of sp³-hybridized carbons (Fsp3) is 1.00. The highest BCUT2D eigenvalue weighted by Gasteiger charge is 2.13. The summed E-state index contributed by atoms with van der Waals surface area (Å²) in [5, 5.41) is 0.721. The third-order valence-electron chi connectivity index (χ3n) is 2.84. The van der Waals surface area contributed by atoms with E-state index in [-0.39, 0.29) is 0 Å². The molecule has 3 nitrogen and oxygen atoms in total. The maximum Gasteiger partial charge on any atom is 0.0585 e. The van der Waals surface area contributed by atoms with Crippen molar-refractivity contribution in [3.8, 4) is 0 Å². The van der Waals surface area contributed by atoms with Crippen LogP contribution in [0.5, 0.6) is 0 Å². The average Bonchev–Trinajstić information content (AvgIpc) is 2.43. The van der Waals surface area contributed by atoms with E-state index in [1.807, 2.05) is 11.8 Å². The lowest BCUT2D eigenvalue weighted by atomic mass is 10.2. The van der Waals surface area contributed by atoms with Crippen LogP contribution >= 0.6 is 11.8 Å². The SMILES string of the molecule is C1CCOCC1.COCCSC1CCCOC1. The van der Waals surface area contributed by atoms with Crippen LogP contribution in [0.2, 0.25) is 0 Å². The minimum Gasteiger partial charge on any atom is -0.384 e. The van der Waals surface area contributed by atoms with E-state index >= 15 is 0 Å². The Kier molecular flexibility index (Phi) is 10.2. The topological polar surface area (TPSA) is 27.7 Å². The maximum absolute atomic E-state index is 5.35. The van der Waals surface area contributed by atoms with Gasteiger partial charge in [0.1, 0.15) is 0 Å². The molecule has 2 saturated heterocycles. The highest BCUT2D eigenvalue weighted by atomic mass is 32.2. The molecule has 0 radical (unpaired) electrons. The van der Waals surface area contributed by atoms with Crippen molar-refractivity contribution in [3.05, 3.63) is 0 Å². The fourth-order valence-corrected chi connectivity index (χ4v) is 2.95. The third-order valence-corrected chi connectivity index (χ3v) is 4.08. The van der Waals surface area contributed by atoms with Gasteiger partial charge in [-0.25, -0.2) is 0 Å². The minimum absolute atomic E-state index is 0.721. The second-order valence-corrected chi connectivity index (χ2v) is 5.78. The van der Waals surface area contributed by atoms with Gasteiger partial charge in [0.25, 0.3) is 0 Å². The Hall–Kier alpha value is 0.230. The van der Waals surface area contributed by atoms with Gasteiger partial charge in [-0.1, -0.05) is 0 Å². The lowest BCUT2D eigenvalue weighted by Gasteiger charge is -2.21. The molecule has 2 rings (SSSR count). The van der Waals surface area contributed by atoms with E-state index in [0.717, 1.165) is 44.0 Å². The van der Waals surface area contributed by atoms with Crippen molar-refractivity contribution >= 4 is 11.8 Å². The summed E-state index contributed by atoms with van der Waals surface area (Å²) >= 11 is 1.97. The molecule has 0 aliphatic carbocycles. The summed E-state index contributed by atoms with van der Waals surface area (Å²) < 4.78 is 15.4. The summed E-state index contributed by atoms with van der Waals surface area (Å²) in [5.41, 5.74) is 0. The molecule has 0 bridgehead atoms. The Morgan fingerprint density at radius 2 is 1.82 bits per heavy atom. The Morgan fingerprint density at radius 3 is 2.29 bits per heavy atom. The van der Waals surface area contributed by atoms with Crippen LogP contribution in [0.25, 0.3) is 0 Å². The van der Waals surface area contributed by atoms with Crippen LogP contribution in [0.3, 0.4) is 0 Å². The first-order chi connectivity index (χ1) is 8.43. The second-order valence-electron chi connectivity index (χ2n) is 4.38. The van der Waals surface area contributed by atoms with E-state index in [1.54, 1.807) is 7.11 Å². The van der Waals surface area contributed by atoms with E-state index in [1.165, 1.54) is 32.1 Å². The quantitative estimate of drug-likeness (QED) is 0.728. The van der Waals surface area contributed by atoms with Crippen molar-refractivity contribution in [1.29, 1.82) is 0 Å². The zero-order chi connectivity index (χ0) is 12.2. The smallest absolute Gasteiger partial charge is 0.0585 e. The first kappa shape index (κ1) is 15.3. The standard InChI is InChI=1S/C8H16O2S.C5H10O/c1-9-5-6-11-8-3-2-4-10-7-8;1-2-4-6-5-3-1/h8H,2-7H2,1H3;1-5H2. The molecule has 2 heterocycles. The van der Waals surface area contributed by atoms with Crippen molar-refractivity contribution in [2.24, 2.45) is 0 Å². The normalized spacial score (nSPS) is 24.9. The number of hydrogen-bond acceptors (Lipinski definition) is 4. The van der Waals surface area contributed by atoms with Gasteiger partial charge in [0, 0.05) is 37.9 Å². The summed E-state index contributed by atoms with van der Waals surface area (Å²) in [6.07, 6.45) is 6.47. The average molecular weight is 262 g/mol. The molecule has 4 heteroatoms. The summed E-state index contributed by atoms with van der Waals surface area (Å²) in [7, 11) is 1.75. The zero-order valence-electron chi connectivity index (χ0n) is 11.0. The number of thioether (sulfide) groups is 1. The Morgan fingerprint density at radius 1 is 1.06 bits per heavy atom. The van der Waals surface area contributed by atoms with Gasteiger partial charge in [0.2, 0.25) is 0 Å². The molecule has 0 aromatic rings. The van der Waals surface area contributed by atoms with Crippen LogP contribution < -0.4 is 0 Å². The maximum atomic E-state index is 5.35.